The predicted molar refractivity (Wildman–Crippen MR) is 99.8 cm³/mol. The third-order valence-corrected chi connectivity index (χ3v) is 5.51. The van der Waals surface area contributed by atoms with Crippen molar-refractivity contribution in [2.24, 2.45) is 5.92 Å². The van der Waals surface area contributed by atoms with Crippen molar-refractivity contribution < 1.29 is 0 Å². The monoisotopic (exact) mass is 347 g/mol. The van der Waals surface area contributed by atoms with Crippen LogP contribution in [-0.4, -0.2) is 26.4 Å². The van der Waals surface area contributed by atoms with Gasteiger partial charge in [-0.05, 0) is 35.1 Å². The van der Waals surface area contributed by atoms with E-state index >= 15 is 0 Å². The average Bonchev–Trinajstić information content (AvgIpc) is 3.29. The molecule has 124 valence electrons. The van der Waals surface area contributed by atoms with Crippen LogP contribution in [0.5, 0.6) is 0 Å². The molecule has 0 N–H and O–H groups in total. The summed E-state index contributed by atoms with van der Waals surface area (Å²) >= 11 is 1.65. The minimum atomic E-state index is 0.368. The second kappa shape index (κ2) is 5.67. The van der Waals surface area contributed by atoms with Gasteiger partial charge in [0.2, 0.25) is 0 Å². The molecule has 0 spiro atoms. The molecular formula is C19H17N5S. The summed E-state index contributed by atoms with van der Waals surface area (Å²) < 4.78 is 1.85. The van der Waals surface area contributed by atoms with Gasteiger partial charge in [-0.2, -0.15) is 15.9 Å². The smallest absolute Gasteiger partial charge is 0.186 e. The quantitative estimate of drug-likeness (QED) is 0.561. The lowest BCUT2D eigenvalue weighted by Gasteiger charge is -2.47. The van der Waals surface area contributed by atoms with Gasteiger partial charge in [0, 0.05) is 17.5 Å². The van der Waals surface area contributed by atoms with Gasteiger partial charge >= 0.3 is 0 Å². The molecule has 1 fully saturated rings. The highest BCUT2D eigenvalue weighted by atomic mass is 32.1. The fraction of sp³-hybridized carbons (Fsp3) is 0.211. The molecule has 0 bridgehead atoms. The zero-order valence-electron chi connectivity index (χ0n) is 13.8. The largest absolute Gasteiger partial charge is 0.347 e. The number of aromatic nitrogens is 4. The molecule has 25 heavy (non-hydrogen) atoms. The van der Waals surface area contributed by atoms with Gasteiger partial charge in [0.15, 0.2) is 11.5 Å². The number of thiophene rings is 1. The van der Waals surface area contributed by atoms with Gasteiger partial charge in [-0.15, -0.1) is 15.3 Å². The lowest BCUT2D eigenvalue weighted by molar-refractivity contribution is 0.321. The van der Waals surface area contributed by atoms with Crippen molar-refractivity contribution in [1.29, 1.82) is 0 Å². The second-order valence-electron chi connectivity index (χ2n) is 6.48. The number of benzene rings is 1. The Morgan fingerprint density at radius 2 is 1.92 bits per heavy atom. The highest BCUT2D eigenvalue weighted by Crippen LogP contribution is 2.41. The van der Waals surface area contributed by atoms with E-state index in [1.807, 2.05) is 28.1 Å². The topological polar surface area (TPSA) is 46.3 Å². The van der Waals surface area contributed by atoms with Crippen molar-refractivity contribution >= 4 is 22.8 Å². The standard InChI is InChI=1S/C19H17N5S/c1-13-11-23(18(13)14-5-3-2-4-6-14)17-8-7-16-20-21-19(24(16)22-17)15-9-10-25-12-15/h2-10,12-13,18H,11H2,1H3. The van der Waals surface area contributed by atoms with Crippen LogP contribution in [0.4, 0.5) is 5.82 Å². The van der Waals surface area contributed by atoms with Crippen LogP contribution in [0.15, 0.2) is 59.3 Å². The summed E-state index contributed by atoms with van der Waals surface area (Å²) in [6.45, 7) is 3.30. The van der Waals surface area contributed by atoms with Crippen molar-refractivity contribution in [3.05, 3.63) is 64.9 Å². The van der Waals surface area contributed by atoms with Gasteiger partial charge in [-0.25, -0.2) is 0 Å². The summed E-state index contributed by atoms with van der Waals surface area (Å²) in [5, 5.41) is 17.5. The number of hydrogen-bond acceptors (Lipinski definition) is 5. The summed E-state index contributed by atoms with van der Waals surface area (Å²) in [4.78, 5) is 2.36. The summed E-state index contributed by atoms with van der Waals surface area (Å²) in [5.41, 5.74) is 3.17. The van der Waals surface area contributed by atoms with E-state index in [4.69, 9.17) is 5.10 Å². The van der Waals surface area contributed by atoms with Crippen LogP contribution in [0.25, 0.3) is 17.0 Å². The Morgan fingerprint density at radius 1 is 1.04 bits per heavy atom. The van der Waals surface area contributed by atoms with Crippen LogP contribution < -0.4 is 4.90 Å². The van der Waals surface area contributed by atoms with Gasteiger partial charge in [0.25, 0.3) is 0 Å². The third kappa shape index (κ3) is 2.33. The molecule has 1 aromatic carbocycles. The molecule has 1 aliphatic heterocycles. The highest BCUT2D eigenvalue weighted by Gasteiger charge is 2.37. The van der Waals surface area contributed by atoms with E-state index in [0.29, 0.717) is 12.0 Å². The van der Waals surface area contributed by atoms with Gasteiger partial charge < -0.3 is 4.90 Å². The molecule has 2 atom stereocenters. The molecule has 4 aromatic rings. The van der Waals surface area contributed by atoms with Crippen molar-refractivity contribution in [2.75, 3.05) is 11.4 Å². The normalized spacial score (nSPS) is 20.0. The molecule has 0 saturated carbocycles. The Bertz CT molecular complexity index is 1010. The minimum absolute atomic E-state index is 0.368. The van der Waals surface area contributed by atoms with Crippen LogP contribution in [0.2, 0.25) is 0 Å². The van der Waals surface area contributed by atoms with E-state index in [9.17, 15) is 0 Å². The Balaban J connectivity index is 1.56. The zero-order valence-corrected chi connectivity index (χ0v) is 14.6. The molecule has 0 amide bonds. The molecule has 6 heteroatoms. The number of anilines is 1. The molecule has 0 radical (unpaired) electrons. The van der Waals surface area contributed by atoms with Crippen molar-refractivity contribution in [2.45, 2.75) is 13.0 Å². The molecular weight excluding hydrogens is 330 g/mol. The molecule has 5 nitrogen and oxygen atoms in total. The number of rotatable bonds is 3. The summed E-state index contributed by atoms with van der Waals surface area (Å²) in [6, 6.07) is 17.1. The zero-order chi connectivity index (χ0) is 16.8. The first kappa shape index (κ1) is 14.6. The molecule has 2 unspecified atom stereocenters. The third-order valence-electron chi connectivity index (χ3n) is 4.82. The fourth-order valence-corrected chi connectivity index (χ4v) is 4.23. The van der Waals surface area contributed by atoms with Crippen LogP contribution in [0.1, 0.15) is 18.5 Å². The Kier molecular flexibility index (Phi) is 3.31. The van der Waals surface area contributed by atoms with Crippen LogP contribution in [0, 0.1) is 5.92 Å². The average molecular weight is 347 g/mol. The molecule has 1 aliphatic rings. The van der Waals surface area contributed by atoms with Gasteiger partial charge in [0.1, 0.15) is 5.82 Å². The van der Waals surface area contributed by atoms with Gasteiger partial charge in [-0.1, -0.05) is 37.3 Å². The Morgan fingerprint density at radius 3 is 2.68 bits per heavy atom. The van der Waals surface area contributed by atoms with Crippen molar-refractivity contribution in [3.8, 4) is 11.4 Å². The van der Waals surface area contributed by atoms with Gasteiger partial charge in [-0.3, -0.25) is 0 Å². The van der Waals surface area contributed by atoms with Crippen molar-refractivity contribution in [3.63, 3.8) is 0 Å². The van der Waals surface area contributed by atoms with Gasteiger partial charge in [0.05, 0.1) is 6.04 Å². The van der Waals surface area contributed by atoms with Crippen LogP contribution in [-0.2, 0) is 0 Å². The molecule has 5 rings (SSSR count). The summed E-state index contributed by atoms with van der Waals surface area (Å²) in [7, 11) is 0. The maximum atomic E-state index is 4.85. The Hall–Kier alpha value is -2.73. The van der Waals surface area contributed by atoms with E-state index in [2.05, 4.69) is 57.7 Å². The SMILES string of the molecule is CC1CN(c2ccc3nnc(-c4ccsc4)n3n2)C1c1ccccc1. The second-order valence-corrected chi connectivity index (χ2v) is 7.26. The van der Waals surface area contributed by atoms with Crippen LogP contribution >= 0.6 is 11.3 Å². The maximum Gasteiger partial charge on any atom is 0.186 e. The lowest BCUT2D eigenvalue weighted by atomic mass is 9.85. The van der Waals surface area contributed by atoms with E-state index < -0.39 is 0 Å². The minimum Gasteiger partial charge on any atom is -0.347 e. The molecule has 3 aromatic heterocycles. The van der Waals surface area contributed by atoms with E-state index in [1.54, 1.807) is 11.3 Å². The predicted octanol–water partition coefficient (Wildman–Crippen LogP) is 4.05. The highest BCUT2D eigenvalue weighted by molar-refractivity contribution is 7.08. The van der Waals surface area contributed by atoms with E-state index in [-0.39, 0.29) is 0 Å². The first-order valence-corrected chi connectivity index (χ1v) is 9.32. The Labute approximate surface area is 149 Å². The number of fused-ring (bicyclic) bond motifs is 1. The summed E-state index contributed by atoms with van der Waals surface area (Å²) in [5.74, 6) is 2.37. The van der Waals surface area contributed by atoms with E-state index in [1.165, 1.54) is 5.56 Å². The molecule has 1 saturated heterocycles. The first-order valence-electron chi connectivity index (χ1n) is 8.38. The van der Waals surface area contributed by atoms with Crippen LogP contribution in [0.3, 0.4) is 0 Å². The summed E-state index contributed by atoms with van der Waals surface area (Å²) in [6.07, 6.45) is 0. The fourth-order valence-electron chi connectivity index (χ4n) is 3.59. The molecule has 0 aliphatic carbocycles. The van der Waals surface area contributed by atoms with Crippen molar-refractivity contribution in [1.82, 2.24) is 19.8 Å². The maximum absolute atomic E-state index is 4.85. The number of hydrogen-bond donors (Lipinski definition) is 0. The first-order chi connectivity index (χ1) is 12.3. The lowest BCUT2D eigenvalue weighted by Crippen LogP contribution is -2.49. The van der Waals surface area contributed by atoms with E-state index in [0.717, 1.165) is 29.4 Å². The molecule has 4 heterocycles. The number of nitrogens with zero attached hydrogens (tertiary/aromatic N) is 5.